The van der Waals surface area contributed by atoms with E-state index >= 15 is 0 Å². The van der Waals surface area contributed by atoms with Gasteiger partial charge in [-0.3, -0.25) is 4.57 Å². The quantitative estimate of drug-likeness (QED) is 0.190. The number of nitrogens with two attached hydrogens (primary N) is 1. The lowest BCUT2D eigenvalue weighted by molar-refractivity contribution is -0.0383. The number of fused-ring (bicyclic) bond motifs is 1. The van der Waals surface area contributed by atoms with Crippen molar-refractivity contribution in [3.05, 3.63) is 35.2 Å². The normalized spacial score (nSPS) is 20.2. The van der Waals surface area contributed by atoms with Gasteiger partial charge in [0, 0.05) is 6.42 Å². The van der Waals surface area contributed by atoms with Crippen LogP contribution in [0.4, 0.5) is 5.95 Å². The maximum atomic E-state index is 13.5. The van der Waals surface area contributed by atoms with Crippen LogP contribution in [0.3, 0.4) is 0 Å². The minimum atomic E-state index is -4.25. The van der Waals surface area contributed by atoms with Crippen LogP contribution in [0.2, 0.25) is 36.3 Å². The topological polar surface area (TPSA) is 141 Å². The molecular weight excluding hydrogens is 627 g/mol. The molecule has 14 heteroatoms. The van der Waals surface area contributed by atoms with Crippen LogP contribution >= 0.6 is 0 Å². The van der Waals surface area contributed by atoms with E-state index in [1.807, 2.05) is 6.92 Å². The minimum absolute atomic E-state index is 0.00515. The molecule has 3 aromatic rings. The number of benzene rings is 1. The summed E-state index contributed by atoms with van der Waals surface area (Å²) in [6.07, 6.45) is 1.05. The molecule has 3 heterocycles. The Kier molecular flexibility index (Phi) is 9.48. The van der Waals surface area contributed by atoms with Crippen molar-refractivity contribution in [3.63, 3.8) is 0 Å². The fourth-order valence-corrected chi connectivity index (χ4v) is 8.78. The van der Waals surface area contributed by atoms with E-state index in [-0.39, 0.29) is 44.5 Å². The van der Waals surface area contributed by atoms with Crippen LogP contribution in [0.5, 0.6) is 5.88 Å². The van der Waals surface area contributed by atoms with Gasteiger partial charge < -0.3 is 23.5 Å². The van der Waals surface area contributed by atoms with Gasteiger partial charge in [0.25, 0.3) is 5.88 Å². The van der Waals surface area contributed by atoms with Crippen LogP contribution in [0.25, 0.3) is 11.2 Å². The summed E-state index contributed by atoms with van der Waals surface area (Å²) in [7, 11) is -8.47. The molecule has 250 valence electrons. The van der Waals surface area contributed by atoms with Crippen LogP contribution in [0, 0.1) is 20.8 Å². The van der Waals surface area contributed by atoms with Crippen LogP contribution in [-0.2, 0) is 23.7 Å². The number of nitrogens with zero attached hydrogens (tertiary/aromatic N) is 4. The third-order valence-corrected chi connectivity index (χ3v) is 20.1. The van der Waals surface area contributed by atoms with E-state index in [1.54, 1.807) is 36.9 Å². The molecule has 0 bridgehead atoms. The Hall–Kier alpha value is -2.37. The van der Waals surface area contributed by atoms with Crippen LogP contribution in [-0.4, -0.2) is 63.4 Å². The Labute approximate surface area is 270 Å². The molecule has 45 heavy (non-hydrogen) atoms. The molecule has 4 rings (SSSR count). The first-order chi connectivity index (χ1) is 20.4. The van der Waals surface area contributed by atoms with Gasteiger partial charge in [-0.2, -0.15) is 18.4 Å². The van der Waals surface area contributed by atoms with Crippen molar-refractivity contribution in [1.82, 2.24) is 19.5 Å². The van der Waals surface area contributed by atoms with Crippen molar-refractivity contribution >= 4 is 43.9 Å². The summed E-state index contributed by atoms with van der Waals surface area (Å²) >= 11 is 0. The highest BCUT2D eigenvalue weighted by atomic mass is 32.2. The average molecular weight is 678 g/mol. The van der Waals surface area contributed by atoms with Gasteiger partial charge in [-0.05, 0) is 68.2 Å². The molecular formula is C31H51N5O6SSi2. The molecule has 1 aliphatic rings. The predicted molar refractivity (Wildman–Crippen MR) is 182 cm³/mol. The maximum Gasteiger partial charge on any atom is 0.341 e. The molecule has 0 aliphatic carbocycles. The summed E-state index contributed by atoms with van der Waals surface area (Å²) in [5, 5.41) is 0.0490. The molecule has 1 fully saturated rings. The molecule has 2 aromatic heterocycles. The monoisotopic (exact) mass is 677 g/mol. The summed E-state index contributed by atoms with van der Waals surface area (Å²) in [4.78, 5) is 13.1. The van der Waals surface area contributed by atoms with Crippen molar-refractivity contribution in [3.8, 4) is 5.88 Å². The number of hydrogen-bond acceptors (Lipinski definition) is 10. The summed E-state index contributed by atoms with van der Waals surface area (Å²) in [5.74, 6) is -0.378. The van der Waals surface area contributed by atoms with Crippen molar-refractivity contribution in [2.45, 2.75) is 128 Å². The molecule has 3 atom stereocenters. The molecule has 1 aromatic carbocycles. The highest BCUT2D eigenvalue weighted by Crippen LogP contribution is 2.43. The zero-order valence-corrected chi connectivity index (χ0v) is 31.9. The number of aryl methyl sites for hydroxylation is 3. The van der Waals surface area contributed by atoms with Gasteiger partial charge in [-0.15, -0.1) is 0 Å². The molecule has 0 amide bonds. The molecule has 0 radical (unpaired) electrons. The lowest BCUT2D eigenvalue weighted by atomic mass is 10.1. The first-order valence-corrected chi connectivity index (χ1v) is 22.7. The molecule has 0 spiro atoms. The Balaban J connectivity index is 1.69. The number of anilines is 1. The third kappa shape index (κ3) is 7.30. The van der Waals surface area contributed by atoms with Crippen LogP contribution in [0.15, 0.2) is 23.4 Å². The Morgan fingerprint density at radius 3 is 2.11 bits per heavy atom. The van der Waals surface area contributed by atoms with Gasteiger partial charge in [0.15, 0.2) is 27.8 Å². The number of aromatic nitrogens is 4. The second-order valence-corrected chi connectivity index (χ2v) is 26.4. The smallest absolute Gasteiger partial charge is 0.341 e. The summed E-state index contributed by atoms with van der Waals surface area (Å²) in [6, 6.07) is 3.60. The van der Waals surface area contributed by atoms with Crippen molar-refractivity contribution in [1.29, 1.82) is 0 Å². The largest absolute Gasteiger partial charge is 0.414 e. The van der Waals surface area contributed by atoms with E-state index in [4.69, 9.17) is 23.5 Å². The molecule has 1 aliphatic heterocycles. The molecule has 1 saturated heterocycles. The summed E-state index contributed by atoms with van der Waals surface area (Å²) < 4.78 is 54.5. The fourth-order valence-electron chi connectivity index (χ4n) is 5.09. The van der Waals surface area contributed by atoms with Gasteiger partial charge in [-0.25, -0.2) is 4.98 Å². The van der Waals surface area contributed by atoms with Gasteiger partial charge in [0.05, 0.1) is 19.0 Å². The van der Waals surface area contributed by atoms with E-state index in [2.05, 4.69) is 82.7 Å². The SMILES string of the molecule is Cc1cc(C)c(S(=O)(=O)Oc2nc(N)nc3c2ncn3C2CC(O[Si](C)(C)C(C)(C)C)C(CO[Si](C)(C)C(C)(C)C)O2)c(C)c1. The standard InChI is InChI=1S/C31H51N5O6SSi2/c1-19-14-20(2)26(21(3)15-19)43(37,38)41-28-25-27(34-29(32)35-28)36(18-33-25)24-16-22(42-45(12,13)31(7,8)9)23(40-24)17-39-44(10,11)30(4,5)6/h14-15,18,22-24H,16-17H2,1-13H3,(H2,32,34,35). The summed E-state index contributed by atoms with van der Waals surface area (Å²) in [6.45, 7) is 28.0. The highest BCUT2D eigenvalue weighted by Gasteiger charge is 2.47. The first kappa shape index (κ1) is 35.5. The van der Waals surface area contributed by atoms with Gasteiger partial charge in [-0.1, -0.05) is 59.2 Å². The Morgan fingerprint density at radius 2 is 1.56 bits per heavy atom. The van der Waals surface area contributed by atoms with Crippen molar-refractivity contribution in [2.75, 3.05) is 12.3 Å². The van der Waals surface area contributed by atoms with E-state index in [1.165, 1.54) is 0 Å². The number of hydrogen-bond donors (Lipinski definition) is 1. The predicted octanol–water partition coefficient (Wildman–Crippen LogP) is 6.80. The first-order valence-electron chi connectivity index (χ1n) is 15.4. The molecule has 2 N–H and O–H groups in total. The van der Waals surface area contributed by atoms with E-state index < -0.39 is 33.0 Å². The highest BCUT2D eigenvalue weighted by molar-refractivity contribution is 7.87. The summed E-state index contributed by atoms with van der Waals surface area (Å²) in [5.41, 5.74) is 8.69. The van der Waals surface area contributed by atoms with Crippen LogP contribution < -0.4 is 9.92 Å². The van der Waals surface area contributed by atoms with Gasteiger partial charge in [0.1, 0.15) is 17.2 Å². The molecule has 0 saturated carbocycles. The lowest BCUT2D eigenvalue weighted by Crippen LogP contribution is -2.48. The Bertz CT molecular complexity index is 1650. The average Bonchev–Trinajstić information content (AvgIpc) is 3.43. The lowest BCUT2D eigenvalue weighted by Gasteiger charge is -2.40. The fraction of sp³-hybridized carbons (Fsp3) is 0.645. The van der Waals surface area contributed by atoms with Crippen LogP contribution in [0.1, 0.15) is 70.9 Å². The minimum Gasteiger partial charge on any atom is -0.414 e. The second-order valence-electron chi connectivity index (χ2n) is 15.3. The van der Waals surface area contributed by atoms with Crippen molar-refractivity contribution < 1.29 is 26.2 Å². The number of rotatable bonds is 9. The number of ether oxygens (including phenoxy) is 1. The molecule has 3 unspecified atom stereocenters. The van der Waals surface area contributed by atoms with Gasteiger partial charge in [0.2, 0.25) is 5.95 Å². The zero-order valence-electron chi connectivity index (χ0n) is 29.1. The van der Waals surface area contributed by atoms with E-state index in [0.29, 0.717) is 29.8 Å². The number of imidazole rings is 1. The second kappa shape index (κ2) is 12.0. The van der Waals surface area contributed by atoms with Crippen molar-refractivity contribution in [2.24, 2.45) is 0 Å². The zero-order chi connectivity index (χ0) is 33.9. The molecule has 11 nitrogen and oxygen atoms in total. The Morgan fingerprint density at radius 1 is 0.978 bits per heavy atom. The third-order valence-electron chi connectivity index (χ3n) is 9.61. The van der Waals surface area contributed by atoms with Gasteiger partial charge >= 0.3 is 10.1 Å². The van der Waals surface area contributed by atoms with E-state index in [9.17, 15) is 8.42 Å². The number of nitrogen functional groups attached to an aromatic ring is 1. The van der Waals surface area contributed by atoms with E-state index in [0.717, 1.165) is 5.56 Å². The maximum absolute atomic E-state index is 13.5.